The highest BCUT2D eigenvalue weighted by molar-refractivity contribution is 5.93. The summed E-state index contributed by atoms with van der Waals surface area (Å²) in [7, 11) is 0. The fraction of sp³-hybridized carbons (Fsp3) is 0.500. The van der Waals surface area contributed by atoms with Crippen molar-refractivity contribution in [3.63, 3.8) is 0 Å². The second-order valence-corrected chi connectivity index (χ2v) is 5.63. The summed E-state index contributed by atoms with van der Waals surface area (Å²) in [5, 5.41) is 11.2. The first-order chi connectivity index (χ1) is 10.3. The van der Waals surface area contributed by atoms with Crippen molar-refractivity contribution in [3.8, 4) is 0 Å². The number of hydrogen-bond donors (Lipinski definition) is 1. The van der Waals surface area contributed by atoms with E-state index in [0.29, 0.717) is 0 Å². The summed E-state index contributed by atoms with van der Waals surface area (Å²) in [5.74, 6) is 1.02. The molecule has 1 aromatic carbocycles. The monoisotopic (exact) mass is 285 g/mol. The Hall–Kier alpha value is -1.72. The lowest BCUT2D eigenvalue weighted by Gasteiger charge is -2.35. The van der Waals surface area contributed by atoms with Crippen molar-refractivity contribution in [2.24, 2.45) is 5.73 Å². The van der Waals surface area contributed by atoms with Gasteiger partial charge >= 0.3 is 0 Å². The number of fused-ring (bicyclic) bond motifs is 1. The van der Waals surface area contributed by atoms with Crippen LogP contribution >= 0.6 is 0 Å². The molecular weight excluding hydrogens is 262 g/mol. The summed E-state index contributed by atoms with van der Waals surface area (Å²) >= 11 is 0. The van der Waals surface area contributed by atoms with Gasteiger partial charge in [0, 0.05) is 37.0 Å². The molecule has 0 radical (unpaired) electrons. The average molecular weight is 285 g/mol. The van der Waals surface area contributed by atoms with E-state index in [0.717, 1.165) is 57.2 Å². The number of benzene rings is 1. The van der Waals surface area contributed by atoms with Crippen LogP contribution in [0.3, 0.4) is 0 Å². The third-order valence-electron chi connectivity index (χ3n) is 4.20. The highest BCUT2D eigenvalue weighted by atomic mass is 15.3. The lowest BCUT2D eigenvalue weighted by Crippen LogP contribution is -2.47. The Labute approximate surface area is 125 Å². The second-order valence-electron chi connectivity index (χ2n) is 5.63. The number of hydrogen-bond acceptors (Lipinski definition) is 5. The molecule has 0 spiro atoms. The molecule has 21 heavy (non-hydrogen) atoms. The summed E-state index contributed by atoms with van der Waals surface area (Å²) < 4.78 is 0. The minimum absolute atomic E-state index is 0.772. The van der Waals surface area contributed by atoms with Gasteiger partial charge in [0.15, 0.2) is 5.82 Å². The van der Waals surface area contributed by atoms with Crippen molar-refractivity contribution in [3.05, 3.63) is 30.0 Å². The van der Waals surface area contributed by atoms with Gasteiger partial charge in [0.1, 0.15) is 0 Å². The number of piperazine rings is 1. The number of aryl methyl sites for hydroxylation is 1. The van der Waals surface area contributed by atoms with E-state index in [1.165, 1.54) is 10.8 Å². The normalized spacial score (nSPS) is 16.6. The van der Waals surface area contributed by atoms with Gasteiger partial charge in [-0.2, -0.15) is 5.10 Å². The van der Waals surface area contributed by atoms with Crippen LogP contribution in [-0.4, -0.2) is 54.4 Å². The van der Waals surface area contributed by atoms with E-state index in [1.807, 2.05) is 6.92 Å². The first-order valence-electron chi connectivity index (χ1n) is 7.69. The van der Waals surface area contributed by atoms with E-state index >= 15 is 0 Å². The maximum Gasteiger partial charge on any atom is 0.159 e. The van der Waals surface area contributed by atoms with Crippen molar-refractivity contribution < 1.29 is 0 Å². The van der Waals surface area contributed by atoms with E-state index in [2.05, 4.69) is 44.3 Å². The largest absolute Gasteiger partial charge is 0.352 e. The smallest absolute Gasteiger partial charge is 0.159 e. The highest BCUT2D eigenvalue weighted by Crippen LogP contribution is 2.26. The molecule has 1 aliphatic heterocycles. The molecule has 3 rings (SSSR count). The number of rotatable bonds is 4. The van der Waals surface area contributed by atoms with Crippen molar-refractivity contribution in [1.82, 2.24) is 15.1 Å². The molecule has 0 amide bonds. The number of anilines is 1. The Morgan fingerprint density at radius 1 is 1.05 bits per heavy atom. The SMILES string of the molecule is Cc1nnc(N2CCN(CCCN)CC2)c2ccccc12. The predicted octanol–water partition coefficient (Wildman–Crippen LogP) is 1.41. The van der Waals surface area contributed by atoms with Gasteiger partial charge in [0.2, 0.25) is 0 Å². The quantitative estimate of drug-likeness (QED) is 0.920. The third-order valence-corrected chi connectivity index (χ3v) is 4.20. The van der Waals surface area contributed by atoms with Crippen LogP contribution in [0.2, 0.25) is 0 Å². The molecule has 0 bridgehead atoms. The molecule has 0 aliphatic carbocycles. The van der Waals surface area contributed by atoms with E-state index in [4.69, 9.17) is 5.73 Å². The van der Waals surface area contributed by atoms with Gasteiger partial charge in [-0.1, -0.05) is 24.3 Å². The van der Waals surface area contributed by atoms with Gasteiger partial charge in [-0.3, -0.25) is 4.90 Å². The fourth-order valence-corrected chi connectivity index (χ4v) is 2.96. The fourth-order valence-electron chi connectivity index (χ4n) is 2.96. The second kappa shape index (κ2) is 6.37. The molecule has 0 unspecified atom stereocenters. The number of nitrogens with zero attached hydrogens (tertiary/aromatic N) is 4. The van der Waals surface area contributed by atoms with Crippen LogP contribution in [0.15, 0.2) is 24.3 Å². The van der Waals surface area contributed by atoms with Crippen molar-refractivity contribution in [2.75, 3.05) is 44.2 Å². The number of aromatic nitrogens is 2. The molecule has 1 aromatic heterocycles. The summed E-state index contributed by atoms with van der Waals surface area (Å²) in [4.78, 5) is 4.83. The number of nitrogens with two attached hydrogens (primary N) is 1. The van der Waals surface area contributed by atoms with Crippen molar-refractivity contribution in [1.29, 1.82) is 0 Å². The van der Waals surface area contributed by atoms with Gasteiger partial charge in [-0.15, -0.1) is 5.10 Å². The van der Waals surface area contributed by atoms with Gasteiger partial charge < -0.3 is 10.6 Å². The molecule has 1 aliphatic rings. The van der Waals surface area contributed by atoms with Crippen LogP contribution < -0.4 is 10.6 Å². The molecule has 2 N–H and O–H groups in total. The first-order valence-corrected chi connectivity index (χ1v) is 7.69. The van der Waals surface area contributed by atoms with Gasteiger partial charge in [-0.25, -0.2) is 0 Å². The highest BCUT2D eigenvalue weighted by Gasteiger charge is 2.20. The zero-order valence-electron chi connectivity index (χ0n) is 12.6. The van der Waals surface area contributed by atoms with Crippen LogP contribution in [0.5, 0.6) is 0 Å². The van der Waals surface area contributed by atoms with E-state index in [-0.39, 0.29) is 0 Å². The molecule has 2 aromatic rings. The molecule has 0 atom stereocenters. The van der Waals surface area contributed by atoms with Crippen LogP contribution in [0.25, 0.3) is 10.8 Å². The van der Waals surface area contributed by atoms with E-state index in [9.17, 15) is 0 Å². The van der Waals surface area contributed by atoms with Crippen LogP contribution in [0, 0.1) is 6.92 Å². The Kier molecular flexibility index (Phi) is 4.31. The Bertz CT molecular complexity index is 605. The minimum atomic E-state index is 0.772. The Morgan fingerprint density at radius 2 is 1.76 bits per heavy atom. The average Bonchev–Trinajstić information content (AvgIpc) is 2.54. The predicted molar refractivity (Wildman–Crippen MR) is 86.6 cm³/mol. The zero-order chi connectivity index (χ0) is 14.7. The zero-order valence-corrected chi connectivity index (χ0v) is 12.6. The van der Waals surface area contributed by atoms with E-state index in [1.54, 1.807) is 0 Å². The summed E-state index contributed by atoms with van der Waals surface area (Å²) in [6.07, 6.45) is 1.08. The standard InChI is InChI=1S/C16H23N5/c1-13-14-5-2-3-6-15(14)16(19-18-13)21-11-9-20(10-12-21)8-4-7-17/h2-3,5-6H,4,7-12,17H2,1H3. The van der Waals surface area contributed by atoms with Gasteiger partial charge in [-0.05, 0) is 26.4 Å². The maximum atomic E-state index is 5.59. The lowest BCUT2D eigenvalue weighted by atomic mass is 10.1. The first kappa shape index (κ1) is 14.2. The van der Waals surface area contributed by atoms with Crippen molar-refractivity contribution in [2.45, 2.75) is 13.3 Å². The van der Waals surface area contributed by atoms with Gasteiger partial charge in [0.25, 0.3) is 0 Å². The molecule has 5 heteroatoms. The van der Waals surface area contributed by atoms with Crippen molar-refractivity contribution >= 4 is 16.6 Å². The molecule has 112 valence electrons. The molecule has 2 heterocycles. The molecule has 5 nitrogen and oxygen atoms in total. The van der Waals surface area contributed by atoms with Crippen LogP contribution in [0.4, 0.5) is 5.82 Å². The maximum absolute atomic E-state index is 5.59. The van der Waals surface area contributed by atoms with E-state index < -0.39 is 0 Å². The molecule has 1 fully saturated rings. The molecule has 1 saturated heterocycles. The van der Waals surface area contributed by atoms with Gasteiger partial charge in [0.05, 0.1) is 5.69 Å². The summed E-state index contributed by atoms with van der Waals surface area (Å²) in [6.45, 7) is 8.05. The lowest BCUT2D eigenvalue weighted by molar-refractivity contribution is 0.256. The minimum Gasteiger partial charge on any atom is -0.352 e. The van der Waals surface area contributed by atoms with Crippen LogP contribution in [0.1, 0.15) is 12.1 Å². The topological polar surface area (TPSA) is 58.3 Å². The Morgan fingerprint density at radius 3 is 2.48 bits per heavy atom. The summed E-state index contributed by atoms with van der Waals surface area (Å²) in [5.41, 5.74) is 6.58. The summed E-state index contributed by atoms with van der Waals surface area (Å²) in [6, 6.07) is 8.41. The third kappa shape index (κ3) is 2.99. The Balaban J connectivity index is 1.78. The molecule has 0 saturated carbocycles. The van der Waals surface area contributed by atoms with Crippen LogP contribution in [-0.2, 0) is 0 Å². The molecular formula is C16H23N5.